The summed E-state index contributed by atoms with van der Waals surface area (Å²) in [5.41, 5.74) is 10.9. The van der Waals surface area contributed by atoms with E-state index in [1.807, 2.05) is 0 Å². The Bertz CT molecular complexity index is 530. The fourth-order valence-electron chi connectivity index (χ4n) is 1.35. The molecule has 0 spiro atoms. The van der Waals surface area contributed by atoms with Gasteiger partial charge < -0.3 is 20.9 Å². The van der Waals surface area contributed by atoms with Gasteiger partial charge in [-0.2, -0.15) is 0 Å². The second-order valence-corrected chi connectivity index (χ2v) is 3.67. The zero-order chi connectivity index (χ0) is 15.1. The molecule has 0 heterocycles. The SMILES string of the molecule is CCOc1ccc(C(=O)OCC(=O)NC(N)=O)cc1N. The van der Waals surface area contributed by atoms with Gasteiger partial charge in [0.05, 0.1) is 17.9 Å². The van der Waals surface area contributed by atoms with Gasteiger partial charge in [0.1, 0.15) is 5.75 Å². The molecular weight excluding hydrogens is 266 g/mol. The van der Waals surface area contributed by atoms with Crippen LogP contribution in [-0.4, -0.2) is 31.1 Å². The Morgan fingerprint density at radius 3 is 2.55 bits per heavy atom. The number of hydrogen-bond donors (Lipinski definition) is 3. The van der Waals surface area contributed by atoms with E-state index in [9.17, 15) is 14.4 Å². The van der Waals surface area contributed by atoms with Crippen LogP contribution in [0.15, 0.2) is 18.2 Å². The largest absolute Gasteiger partial charge is 0.492 e. The van der Waals surface area contributed by atoms with Gasteiger partial charge in [0, 0.05) is 0 Å². The van der Waals surface area contributed by atoms with E-state index in [1.165, 1.54) is 18.2 Å². The summed E-state index contributed by atoms with van der Waals surface area (Å²) in [7, 11) is 0. The van der Waals surface area contributed by atoms with Crippen LogP contribution in [-0.2, 0) is 9.53 Å². The second-order valence-electron chi connectivity index (χ2n) is 3.67. The number of esters is 1. The molecule has 0 aliphatic carbocycles. The normalized spacial score (nSPS) is 9.65. The Morgan fingerprint density at radius 2 is 2.00 bits per heavy atom. The van der Waals surface area contributed by atoms with Crippen molar-refractivity contribution in [3.05, 3.63) is 23.8 Å². The van der Waals surface area contributed by atoms with E-state index in [-0.39, 0.29) is 11.3 Å². The Labute approximate surface area is 115 Å². The highest BCUT2D eigenvalue weighted by Gasteiger charge is 2.13. The van der Waals surface area contributed by atoms with E-state index in [2.05, 4.69) is 0 Å². The Morgan fingerprint density at radius 1 is 1.30 bits per heavy atom. The maximum absolute atomic E-state index is 11.6. The van der Waals surface area contributed by atoms with Crippen molar-refractivity contribution in [3.8, 4) is 5.75 Å². The Hall–Kier alpha value is -2.77. The van der Waals surface area contributed by atoms with E-state index >= 15 is 0 Å². The molecule has 20 heavy (non-hydrogen) atoms. The third kappa shape index (κ3) is 4.48. The number of carbonyl (C=O) groups is 3. The maximum Gasteiger partial charge on any atom is 0.338 e. The first-order chi connectivity index (χ1) is 9.43. The molecule has 0 bridgehead atoms. The minimum Gasteiger partial charge on any atom is -0.492 e. The van der Waals surface area contributed by atoms with Crippen molar-refractivity contribution in [1.82, 2.24) is 5.32 Å². The Kier molecular flexibility index (Phi) is 5.33. The smallest absolute Gasteiger partial charge is 0.338 e. The first kappa shape index (κ1) is 15.3. The minimum atomic E-state index is -1.02. The number of rotatable bonds is 5. The molecule has 0 fully saturated rings. The number of imide groups is 1. The summed E-state index contributed by atoms with van der Waals surface area (Å²) in [5, 5.41) is 1.76. The Balaban J connectivity index is 2.62. The first-order valence-electron chi connectivity index (χ1n) is 5.72. The number of ether oxygens (including phenoxy) is 2. The number of amides is 3. The van der Waals surface area contributed by atoms with Gasteiger partial charge in [-0.25, -0.2) is 9.59 Å². The van der Waals surface area contributed by atoms with Gasteiger partial charge in [-0.15, -0.1) is 0 Å². The molecule has 108 valence electrons. The third-order valence-corrected chi connectivity index (χ3v) is 2.14. The van der Waals surface area contributed by atoms with E-state index in [0.717, 1.165) is 0 Å². The molecule has 3 amide bonds. The standard InChI is InChI=1S/C12H15N3O5/c1-2-19-9-4-3-7(5-8(9)13)11(17)20-6-10(16)15-12(14)18/h3-5H,2,6,13H2,1H3,(H3,14,15,16,18). The number of nitrogen functional groups attached to an aromatic ring is 1. The van der Waals surface area contributed by atoms with Crippen LogP contribution in [0.25, 0.3) is 0 Å². The quantitative estimate of drug-likeness (QED) is 0.514. The van der Waals surface area contributed by atoms with E-state index < -0.39 is 24.5 Å². The minimum absolute atomic E-state index is 0.165. The number of primary amides is 1. The number of nitrogens with one attached hydrogen (secondary N) is 1. The van der Waals surface area contributed by atoms with Crippen LogP contribution in [0.2, 0.25) is 0 Å². The average molecular weight is 281 g/mol. The zero-order valence-electron chi connectivity index (χ0n) is 10.8. The highest BCUT2D eigenvalue weighted by atomic mass is 16.5. The molecule has 1 aromatic carbocycles. The molecule has 0 saturated carbocycles. The number of anilines is 1. The molecule has 5 N–H and O–H groups in total. The lowest BCUT2D eigenvalue weighted by Gasteiger charge is -2.08. The van der Waals surface area contributed by atoms with Crippen LogP contribution in [0.1, 0.15) is 17.3 Å². The monoisotopic (exact) mass is 281 g/mol. The van der Waals surface area contributed by atoms with Gasteiger partial charge in [0.2, 0.25) is 0 Å². The van der Waals surface area contributed by atoms with Crippen molar-refractivity contribution in [2.24, 2.45) is 5.73 Å². The average Bonchev–Trinajstić information content (AvgIpc) is 2.37. The molecule has 1 rings (SSSR count). The maximum atomic E-state index is 11.6. The van der Waals surface area contributed by atoms with E-state index in [0.29, 0.717) is 12.4 Å². The molecule has 0 aromatic heterocycles. The number of hydrogen-bond acceptors (Lipinski definition) is 6. The van der Waals surface area contributed by atoms with Crippen LogP contribution in [0, 0.1) is 0 Å². The number of benzene rings is 1. The molecule has 8 heteroatoms. The van der Waals surface area contributed by atoms with Crippen LogP contribution < -0.4 is 21.5 Å². The summed E-state index contributed by atoms with van der Waals surface area (Å²) in [4.78, 5) is 33.1. The van der Waals surface area contributed by atoms with Gasteiger partial charge in [0.15, 0.2) is 6.61 Å². The van der Waals surface area contributed by atoms with Crippen LogP contribution in [0.5, 0.6) is 5.75 Å². The van der Waals surface area contributed by atoms with Gasteiger partial charge in [-0.3, -0.25) is 10.1 Å². The lowest BCUT2D eigenvalue weighted by molar-refractivity contribution is -0.123. The third-order valence-electron chi connectivity index (χ3n) is 2.14. The second kappa shape index (κ2) is 6.98. The molecular formula is C12H15N3O5. The molecule has 0 aliphatic rings. The molecule has 0 saturated heterocycles. The predicted octanol–water partition coefficient (Wildman–Crippen LogP) is 0.0192. The number of carbonyl (C=O) groups excluding carboxylic acids is 3. The zero-order valence-corrected chi connectivity index (χ0v) is 10.8. The topological polar surface area (TPSA) is 134 Å². The molecule has 0 radical (unpaired) electrons. The lowest BCUT2D eigenvalue weighted by Crippen LogP contribution is -2.37. The van der Waals surface area contributed by atoms with Crippen molar-refractivity contribution in [3.63, 3.8) is 0 Å². The van der Waals surface area contributed by atoms with Crippen molar-refractivity contribution in [1.29, 1.82) is 0 Å². The summed E-state index contributed by atoms with van der Waals surface area (Å²) in [6.07, 6.45) is 0. The van der Waals surface area contributed by atoms with Crippen LogP contribution in [0.3, 0.4) is 0 Å². The van der Waals surface area contributed by atoms with Crippen molar-refractivity contribution < 1.29 is 23.9 Å². The predicted molar refractivity (Wildman–Crippen MR) is 70.0 cm³/mol. The molecule has 8 nitrogen and oxygen atoms in total. The lowest BCUT2D eigenvalue weighted by atomic mass is 10.2. The fourth-order valence-corrected chi connectivity index (χ4v) is 1.35. The van der Waals surface area contributed by atoms with Crippen molar-refractivity contribution in [2.75, 3.05) is 18.9 Å². The van der Waals surface area contributed by atoms with Crippen LogP contribution >= 0.6 is 0 Å². The van der Waals surface area contributed by atoms with E-state index in [1.54, 1.807) is 12.2 Å². The van der Waals surface area contributed by atoms with Crippen molar-refractivity contribution >= 4 is 23.6 Å². The summed E-state index contributed by atoms with van der Waals surface area (Å²) in [6.45, 7) is 1.63. The highest BCUT2D eigenvalue weighted by molar-refractivity contribution is 5.96. The highest BCUT2D eigenvalue weighted by Crippen LogP contribution is 2.22. The number of nitrogens with two attached hydrogens (primary N) is 2. The fraction of sp³-hybridized carbons (Fsp3) is 0.250. The van der Waals surface area contributed by atoms with Gasteiger partial charge in [0.25, 0.3) is 5.91 Å². The summed E-state index contributed by atoms with van der Waals surface area (Å²) in [6, 6.07) is 3.34. The van der Waals surface area contributed by atoms with Gasteiger partial charge in [-0.1, -0.05) is 0 Å². The molecule has 0 unspecified atom stereocenters. The number of urea groups is 1. The van der Waals surface area contributed by atoms with Crippen molar-refractivity contribution in [2.45, 2.75) is 6.92 Å². The summed E-state index contributed by atoms with van der Waals surface area (Å²) < 4.78 is 9.91. The molecule has 0 aliphatic heterocycles. The van der Waals surface area contributed by atoms with Gasteiger partial charge >= 0.3 is 12.0 Å². The van der Waals surface area contributed by atoms with Gasteiger partial charge in [-0.05, 0) is 25.1 Å². The molecule has 1 aromatic rings. The van der Waals surface area contributed by atoms with E-state index in [4.69, 9.17) is 20.9 Å². The first-order valence-corrected chi connectivity index (χ1v) is 5.72. The summed E-state index contributed by atoms with van der Waals surface area (Å²) in [5.74, 6) is -1.11. The molecule has 0 atom stereocenters. The summed E-state index contributed by atoms with van der Waals surface area (Å²) >= 11 is 0. The van der Waals surface area contributed by atoms with Crippen LogP contribution in [0.4, 0.5) is 10.5 Å².